The Morgan fingerprint density at radius 3 is 2.66 bits per heavy atom. The maximum absolute atomic E-state index is 12.8. The Balaban J connectivity index is 1.88. The zero-order valence-corrected chi connectivity index (χ0v) is 16.8. The third kappa shape index (κ3) is 3.98. The summed E-state index contributed by atoms with van der Waals surface area (Å²) in [6.45, 7) is 3.70. The number of carbonyl (C=O) groups is 2. The summed E-state index contributed by atoms with van der Waals surface area (Å²) in [5, 5.41) is 9.52. The molecule has 1 aromatic carbocycles. The molecule has 3 rings (SSSR count). The number of esters is 1. The minimum atomic E-state index is -0.474. The van der Waals surface area contributed by atoms with E-state index in [0.717, 1.165) is 12.0 Å². The van der Waals surface area contributed by atoms with Gasteiger partial charge in [0.05, 0.1) is 25.3 Å². The van der Waals surface area contributed by atoms with Crippen molar-refractivity contribution in [1.29, 1.82) is 0 Å². The monoisotopic (exact) mass is 397 g/mol. The average Bonchev–Trinajstić information content (AvgIpc) is 3.32. The second kappa shape index (κ2) is 8.59. The Labute approximate surface area is 167 Å². The second-order valence-corrected chi connectivity index (χ2v) is 6.38. The number of aryl methyl sites for hydroxylation is 1. The molecule has 0 radical (unpaired) electrons. The Bertz CT molecular complexity index is 1040. The van der Waals surface area contributed by atoms with Crippen LogP contribution in [0, 0.1) is 6.92 Å². The average molecular weight is 397 g/mol. The summed E-state index contributed by atoms with van der Waals surface area (Å²) >= 11 is 0. The fourth-order valence-electron chi connectivity index (χ4n) is 3.19. The fraction of sp³-hybridized carbons (Fsp3) is 0.300. The van der Waals surface area contributed by atoms with Crippen LogP contribution in [-0.2, 0) is 11.2 Å². The van der Waals surface area contributed by atoms with Crippen LogP contribution in [0.5, 0.6) is 5.75 Å². The minimum Gasteiger partial charge on any atom is -0.496 e. The molecule has 0 bridgehead atoms. The number of nitrogens with one attached hydrogen (secondary N) is 3. The number of benzene rings is 1. The first kappa shape index (κ1) is 20.1. The van der Waals surface area contributed by atoms with Crippen molar-refractivity contribution in [3.05, 3.63) is 46.8 Å². The van der Waals surface area contributed by atoms with Gasteiger partial charge in [-0.15, -0.1) is 5.10 Å². The Kier molecular flexibility index (Phi) is 5.96. The number of hydrogen-bond acceptors (Lipinski definition) is 6. The van der Waals surface area contributed by atoms with Crippen LogP contribution in [0.25, 0.3) is 11.4 Å². The summed E-state index contributed by atoms with van der Waals surface area (Å²) in [4.78, 5) is 32.3. The normalized spacial score (nSPS) is 10.6. The van der Waals surface area contributed by atoms with Gasteiger partial charge in [-0.25, -0.2) is 4.79 Å². The van der Waals surface area contributed by atoms with Crippen LogP contribution in [0.15, 0.2) is 24.3 Å². The minimum absolute atomic E-state index is 0.116. The Morgan fingerprint density at radius 1 is 1.21 bits per heavy atom. The van der Waals surface area contributed by atoms with E-state index >= 15 is 0 Å². The summed E-state index contributed by atoms with van der Waals surface area (Å²) < 4.78 is 10.2. The van der Waals surface area contributed by atoms with Crippen molar-refractivity contribution in [1.82, 2.24) is 20.2 Å². The molecule has 29 heavy (non-hydrogen) atoms. The molecule has 0 atom stereocenters. The van der Waals surface area contributed by atoms with Gasteiger partial charge in [0.25, 0.3) is 5.91 Å². The highest BCUT2D eigenvalue weighted by Crippen LogP contribution is 2.27. The van der Waals surface area contributed by atoms with Gasteiger partial charge in [-0.3, -0.25) is 15.2 Å². The molecule has 0 aliphatic heterocycles. The third-order valence-electron chi connectivity index (χ3n) is 4.48. The van der Waals surface area contributed by atoms with Crippen molar-refractivity contribution in [3.63, 3.8) is 0 Å². The molecule has 3 aromatic rings. The number of methoxy groups -OCH3 is 2. The molecule has 9 heteroatoms. The number of aromatic nitrogens is 4. The molecule has 0 aliphatic rings. The number of ether oxygens (including phenoxy) is 2. The van der Waals surface area contributed by atoms with Crippen molar-refractivity contribution in [2.45, 2.75) is 26.7 Å². The number of amides is 1. The number of nitrogens with zero attached hydrogens (tertiary/aromatic N) is 2. The quantitative estimate of drug-likeness (QED) is 0.527. The van der Waals surface area contributed by atoms with Gasteiger partial charge in [-0.2, -0.15) is 4.98 Å². The van der Waals surface area contributed by atoms with Crippen LogP contribution >= 0.6 is 0 Å². The molecule has 2 heterocycles. The largest absolute Gasteiger partial charge is 0.496 e. The number of aromatic amines is 2. The molecule has 152 valence electrons. The molecular formula is C20H23N5O4. The number of para-hydroxylation sites is 1. The predicted octanol–water partition coefficient (Wildman–Crippen LogP) is 3.11. The molecule has 9 nitrogen and oxygen atoms in total. The third-order valence-corrected chi connectivity index (χ3v) is 4.48. The van der Waals surface area contributed by atoms with Gasteiger partial charge in [-0.05, 0) is 31.0 Å². The standard InChI is InChI=1S/C20H23N5O4/c1-5-8-13-15(19(27)29-4)11(2)21-16(13)18(26)23-20-22-17(24-25-20)12-9-6-7-10-14(12)28-3/h6-7,9-10,21H,5,8H2,1-4H3,(H2,22,23,24,25,26). The number of hydrogen-bond donors (Lipinski definition) is 3. The van der Waals surface area contributed by atoms with E-state index in [1.54, 1.807) is 14.0 Å². The summed E-state index contributed by atoms with van der Waals surface area (Å²) in [5.41, 5.74) is 2.61. The fourth-order valence-corrected chi connectivity index (χ4v) is 3.19. The number of rotatable bonds is 7. The highest BCUT2D eigenvalue weighted by Gasteiger charge is 2.25. The first-order valence-corrected chi connectivity index (χ1v) is 9.17. The smallest absolute Gasteiger partial charge is 0.339 e. The second-order valence-electron chi connectivity index (χ2n) is 6.38. The molecule has 0 fully saturated rings. The van der Waals surface area contributed by atoms with Crippen LogP contribution in [0.4, 0.5) is 5.95 Å². The van der Waals surface area contributed by atoms with Gasteiger partial charge in [0.15, 0.2) is 5.82 Å². The van der Waals surface area contributed by atoms with E-state index in [4.69, 9.17) is 9.47 Å². The van der Waals surface area contributed by atoms with Gasteiger partial charge < -0.3 is 14.5 Å². The van der Waals surface area contributed by atoms with Crippen LogP contribution in [0.1, 0.15) is 45.4 Å². The summed E-state index contributed by atoms with van der Waals surface area (Å²) in [6.07, 6.45) is 1.32. The van der Waals surface area contributed by atoms with Gasteiger partial charge >= 0.3 is 5.97 Å². The van der Waals surface area contributed by atoms with Crippen molar-refractivity contribution in [2.75, 3.05) is 19.5 Å². The van der Waals surface area contributed by atoms with Crippen LogP contribution in [-0.4, -0.2) is 46.3 Å². The van der Waals surface area contributed by atoms with Gasteiger partial charge in [-0.1, -0.05) is 25.5 Å². The Morgan fingerprint density at radius 2 is 1.97 bits per heavy atom. The highest BCUT2D eigenvalue weighted by atomic mass is 16.5. The van der Waals surface area contributed by atoms with Crippen LogP contribution < -0.4 is 10.1 Å². The molecule has 0 aliphatic carbocycles. The number of anilines is 1. The summed E-state index contributed by atoms with van der Waals surface area (Å²) in [5.74, 6) is 0.305. The lowest BCUT2D eigenvalue weighted by molar-refractivity contribution is 0.0599. The van der Waals surface area contributed by atoms with Crippen LogP contribution in [0.3, 0.4) is 0 Å². The van der Waals surface area contributed by atoms with Gasteiger partial charge in [0.2, 0.25) is 5.95 Å². The summed E-state index contributed by atoms with van der Waals surface area (Å²) in [7, 11) is 2.89. The first-order chi connectivity index (χ1) is 14.0. The lowest BCUT2D eigenvalue weighted by Gasteiger charge is -2.05. The van der Waals surface area contributed by atoms with Gasteiger partial charge in [0, 0.05) is 5.69 Å². The van der Waals surface area contributed by atoms with E-state index in [9.17, 15) is 9.59 Å². The van der Waals surface area contributed by atoms with E-state index < -0.39 is 11.9 Å². The molecule has 2 aromatic heterocycles. The number of H-pyrrole nitrogens is 2. The SMILES string of the molecule is CCCc1c(C(=O)Nc2n[nH]c(-c3ccccc3OC)n2)[nH]c(C)c1C(=O)OC. The first-order valence-electron chi connectivity index (χ1n) is 9.17. The predicted molar refractivity (Wildman–Crippen MR) is 107 cm³/mol. The highest BCUT2D eigenvalue weighted by molar-refractivity contribution is 6.06. The topological polar surface area (TPSA) is 122 Å². The van der Waals surface area contributed by atoms with E-state index in [0.29, 0.717) is 40.5 Å². The van der Waals surface area contributed by atoms with E-state index in [1.807, 2.05) is 31.2 Å². The molecule has 3 N–H and O–H groups in total. The zero-order chi connectivity index (χ0) is 21.0. The number of carbonyl (C=O) groups excluding carboxylic acids is 2. The maximum Gasteiger partial charge on any atom is 0.339 e. The lowest BCUT2D eigenvalue weighted by atomic mass is 10.0. The lowest BCUT2D eigenvalue weighted by Crippen LogP contribution is -2.16. The van der Waals surface area contributed by atoms with E-state index in [1.165, 1.54) is 7.11 Å². The maximum atomic E-state index is 12.8. The van der Waals surface area contributed by atoms with Gasteiger partial charge in [0.1, 0.15) is 11.4 Å². The molecular weight excluding hydrogens is 374 g/mol. The molecule has 0 unspecified atom stereocenters. The summed E-state index contributed by atoms with van der Waals surface area (Å²) in [6, 6.07) is 7.35. The van der Waals surface area contributed by atoms with Crippen LogP contribution in [0.2, 0.25) is 0 Å². The molecule has 0 saturated carbocycles. The van der Waals surface area contributed by atoms with Crippen molar-refractivity contribution in [2.24, 2.45) is 0 Å². The van der Waals surface area contributed by atoms with E-state index in [-0.39, 0.29) is 5.95 Å². The molecule has 0 saturated heterocycles. The van der Waals surface area contributed by atoms with Crippen molar-refractivity contribution < 1.29 is 19.1 Å². The Hall–Kier alpha value is -3.62. The molecule has 0 spiro atoms. The van der Waals surface area contributed by atoms with Crippen molar-refractivity contribution in [3.8, 4) is 17.1 Å². The van der Waals surface area contributed by atoms with Crippen molar-refractivity contribution >= 4 is 17.8 Å². The van der Waals surface area contributed by atoms with E-state index in [2.05, 4.69) is 25.5 Å². The zero-order valence-electron chi connectivity index (χ0n) is 16.8. The molecule has 1 amide bonds.